The molecule has 0 N–H and O–H groups in total. The third-order valence-electron chi connectivity index (χ3n) is 6.23. The van der Waals surface area contributed by atoms with E-state index in [0.717, 1.165) is 11.3 Å². The Balaban J connectivity index is 1.14. The van der Waals surface area contributed by atoms with Crippen molar-refractivity contribution in [3.05, 3.63) is 66.1 Å². The van der Waals surface area contributed by atoms with Crippen molar-refractivity contribution in [3.63, 3.8) is 0 Å². The number of rotatable bonds is 5. The van der Waals surface area contributed by atoms with E-state index < -0.39 is 9.84 Å². The summed E-state index contributed by atoms with van der Waals surface area (Å²) in [6.45, 7) is 3.01. The third-order valence-corrected chi connectivity index (χ3v) is 7.98. The topological polar surface area (TPSA) is 84.2 Å². The molecule has 2 saturated heterocycles. The van der Waals surface area contributed by atoms with Gasteiger partial charge in [-0.15, -0.1) is 0 Å². The fourth-order valence-electron chi connectivity index (χ4n) is 4.44. The zero-order chi connectivity index (χ0) is 22.1. The van der Waals surface area contributed by atoms with E-state index in [9.17, 15) is 13.2 Å². The molecule has 1 aromatic carbocycles. The molecule has 2 aliphatic heterocycles. The molecule has 0 spiro atoms. The number of amides is 1. The van der Waals surface area contributed by atoms with Crippen LogP contribution in [0, 0.1) is 0 Å². The second-order valence-corrected chi connectivity index (χ2v) is 10.6. The van der Waals surface area contributed by atoms with Crippen LogP contribution < -0.4 is 4.74 Å². The minimum atomic E-state index is -2.89. The predicted octanol–water partition coefficient (Wildman–Crippen LogP) is 1.86. The number of fused-ring (bicyclic) bond motifs is 1. The lowest BCUT2D eigenvalue weighted by molar-refractivity contribution is 0.0588. The molecule has 0 bridgehead atoms. The van der Waals surface area contributed by atoms with Crippen LogP contribution in [0.1, 0.15) is 22.5 Å². The van der Waals surface area contributed by atoms with Crippen molar-refractivity contribution >= 4 is 21.4 Å². The lowest BCUT2D eigenvalue weighted by atomic mass is 10.1. The number of imidazole rings is 1. The van der Waals surface area contributed by atoms with Crippen molar-refractivity contribution in [2.45, 2.75) is 19.1 Å². The standard InChI is InChI=1S/C23H26N4O4S/c28-23(26-12-10-25(11-13-26)20-8-14-32(29,30)17-20)18-4-6-21(7-5-18)31-16-19-15-27-9-2-1-3-22(27)24-19/h1-7,9,15,20H,8,10-14,16-17H2/t20-/m0/s1. The largest absolute Gasteiger partial charge is 0.487 e. The Morgan fingerprint density at radius 1 is 1.06 bits per heavy atom. The number of ether oxygens (including phenoxy) is 1. The molecule has 0 unspecified atom stereocenters. The van der Waals surface area contributed by atoms with Crippen LogP contribution in [0.3, 0.4) is 0 Å². The molecule has 2 aliphatic rings. The maximum atomic E-state index is 12.9. The highest BCUT2D eigenvalue weighted by Crippen LogP contribution is 2.21. The summed E-state index contributed by atoms with van der Waals surface area (Å²) in [6.07, 6.45) is 4.59. The third kappa shape index (κ3) is 4.49. The van der Waals surface area contributed by atoms with Crippen LogP contribution in [-0.4, -0.2) is 77.2 Å². The lowest BCUT2D eigenvalue weighted by Gasteiger charge is -2.37. The molecule has 4 heterocycles. The molecule has 1 amide bonds. The number of hydrogen-bond donors (Lipinski definition) is 0. The van der Waals surface area contributed by atoms with E-state index in [-0.39, 0.29) is 23.5 Å². The minimum Gasteiger partial charge on any atom is -0.487 e. The summed E-state index contributed by atoms with van der Waals surface area (Å²) in [5.74, 6) is 1.21. The second-order valence-electron chi connectivity index (χ2n) is 8.40. The summed E-state index contributed by atoms with van der Waals surface area (Å²) in [5, 5.41) is 0. The summed E-state index contributed by atoms with van der Waals surface area (Å²) >= 11 is 0. The first kappa shape index (κ1) is 21.0. The monoisotopic (exact) mass is 454 g/mol. The number of aromatic nitrogens is 2. The Bertz CT molecular complexity index is 1180. The number of carbonyl (C=O) groups is 1. The summed E-state index contributed by atoms with van der Waals surface area (Å²) in [5.41, 5.74) is 2.34. The highest BCUT2D eigenvalue weighted by atomic mass is 32.2. The predicted molar refractivity (Wildman–Crippen MR) is 121 cm³/mol. The maximum Gasteiger partial charge on any atom is 0.253 e. The first-order valence-electron chi connectivity index (χ1n) is 10.9. The van der Waals surface area contributed by atoms with E-state index in [0.29, 0.717) is 50.5 Å². The number of piperazine rings is 1. The lowest BCUT2D eigenvalue weighted by Crippen LogP contribution is -2.52. The number of nitrogens with zero attached hydrogens (tertiary/aromatic N) is 4. The SMILES string of the molecule is O=C(c1ccc(OCc2cn3ccccc3n2)cc1)N1CCN([C@H]2CCS(=O)(=O)C2)CC1. The van der Waals surface area contributed by atoms with Crippen molar-refractivity contribution < 1.29 is 17.9 Å². The molecular formula is C23H26N4O4S. The molecule has 8 nitrogen and oxygen atoms in total. The number of hydrogen-bond acceptors (Lipinski definition) is 6. The summed E-state index contributed by atoms with van der Waals surface area (Å²) in [6, 6.07) is 13.1. The Morgan fingerprint density at radius 2 is 1.84 bits per heavy atom. The van der Waals surface area contributed by atoms with Gasteiger partial charge in [-0.2, -0.15) is 0 Å². The van der Waals surface area contributed by atoms with Crippen LogP contribution >= 0.6 is 0 Å². The van der Waals surface area contributed by atoms with Gasteiger partial charge in [0, 0.05) is 50.2 Å². The van der Waals surface area contributed by atoms with Crippen LogP contribution in [0.15, 0.2) is 54.9 Å². The van der Waals surface area contributed by atoms with E-state index in [1.54, 1.807) is 12.1 Å². The first-order valence-corrected chi connectivity index (χ1v) is 12.7. The van der Waals surface area contributed by atoms with Gasteiger partial charge >= 0.3 is 0 Å². The van der Waals surface area contributed by atoms with Crippen LogP contribution in [-0.2, 0) is 16.4 Å². The molecule has 168 valence electrons. The highest BCUT2D eigenvalue weighted by Gasteiger charge is 2.34. The van der Waals surface area contributed by atoms with Crippen LogP contribution in [0.2, 0.25) is 0 Å². The highest BCUT2D eigenvalue weighted by molar-refractivity contribution is 7.91. The average molecular weight is 455 g/mol. The number of carbonyl (C=O) groups excluding carboxylic acids is 1. The van der Waals surface area contributed by atoms with E-state index >= 15 is 0 Å². The Labute approximate surface area is 187 Å². The van der Waals surface area contributed by atoms with Crippen LogP contribution in [0.5, 0.6) is 5.75 Å². The zero-order valence-electron chi connectivity index (χ0n) is 17.8. The van der Waals surface area contributed by atoms with Gasteiger partial charge in [0.15, 0.2) is 9.84 Å². The minimum absolute atomic E-state index is 0.00408. The number of sulfone groups is 1. The number of pyridine rings is 1. The maximum absolute atomic E-state index is 12.9. The Morgan fingerprint density at radius 3 is 2.53 bits per heavy atom. The van der Waals surface area contributed by atoms with Crippen molar-refractivity contribution in [3.8, 4) is 5.75 Å². The van der Waals surface area contributed by atoms with Gasteiger partial charge < -0.3 is 14.0 Å². The molecule has 0 aliphatic carbocycles. The smallest absolute Gasteiger partial charge is 0.253 e. The molecule has 1 atom stereocenters. The molecule has 9 heteroatoms. The molecule has 32 heavy (non-hydrogen) atoms. The summed E-state index contributed by atoms with van der Waals surface area (Å²) < 4.78 is 31.2. The van der Waals surface area contributed by atoms with Crippen LogP contribution in [0.25, 0.3) is 5.65 Å². The molecule has 2 aromatic heterocycles. The van der Waals surface area contributed by atoms with Crippen LogP contribution in [0.4, 0.5) is 0 Å². The normalized spacial score (nSPS) is 21.1. The van der Waals surface area contributed by atoms with Crippen molar-refractivity contribution in [1.82, 2.24) is 19.2 Å². The molecule has 0 saturated carbocycles. The van der Waals surface area contributed by atoms with Gasteiger partial charge in [-0.3, -0.25) is 9.69 Å². The average Bonchev–Trinajstić information content (AvgIpc) is 3.40. The zero-order valence-corrected chi connectivity index (χ0v) is 18.6. The molecule has 3 aromatic rings. The summed E-state index contributed by atoms with van der Waals surface area (Å²) in [4.78, 5) is 21.4. The van der Waals surface area contributed by atoms with Crippen molar-refractivity contribution in [1.29, 1.82) is 0 Å². The first-order chi connectivity index (χ1) is 15.5. The molecular weight excluding hydrogens is 428 g/mol. The fourth-order valence-corrected chi connectivity index (χ4v) is 6.21. The van der Waals surface area contributed by atoms with Gasteiger partial charge in [-0.1, -0.05) is 6.07 Å². The molecule has 5 rings (SSSR count). The van der Waals surface area contributed by atoms with Gasteiger partial charge in [0.25, 0.3) is 5.91 Å². The summed E-state index contributed by atoms with van der Waals surface area (Å²) in [7, 11) is -2.89. The van der Waals surface area contributed by atoms with Gasteiger partial charge in [0.2, 0.25) is 0 Å². The molecule has 0 radical (unpaired) electrons. The second kappa shape index (κ2) is 8.55. The fraction of sp³-hybridized carbons (Fsp3) is 0.391. The van der Waals surface area contributed by atoms with Crippen molar-refractivity contribution in [2.24, 2.45) is 0 Å². The van der Waals surface area contributed by atoms with Crippen molar-refractivity contribution in [2.75, 3.05) is 37.7 Å². The quantitative estimate of drug-likeness (QED) is 0.585. The van der Waals surface area contributed by atoms with Gasteiger partial charge in [-0.25, -0.2) is 13.4 Å². The van der Waals surface area contributed by atoms with E-state index in [1.165, 1.54) is 0 Å². The van der Waals surface area contributed by atoms with Gasteiger partial charge in [0.1, 0.15) is 18.0 Å². The van der Waals surface area contributed by atoms with Gasteiger partial charge in [-0.05, 0) is 42.8 Å². The van der Waals surface area contributed by atoms with Gasteiger partial charge in [0.05, 0.1) is 17.2 Å². The Hall–Kier alpha value is -2.91. The van der Waals surface area contributed by atoms with E-state index in [1.807, 2.05) is 52.0 Å². The van der Waals surface area contributed by atoms with E-state index in [2.05, 4.69) is 9.88 Å². The van der Waals surface area contributed by atoms with E-state index in [4.69, 9.17) is 4.74 Å². The molecule has 2 fully saturated rings. The Kier molecular flexibility index (Phi) is 5.60. The number of benzene rings is 1.